The predicted molar refractivity (Wildman–Crippen MR) is 73.3 cm³/mol. The summed E-state index contributed by atoms with van der Waals surface area (Å²) in [6, 6.07) is 5.56. The largest absolute Gasteiger partial charge is 0.378 e. The maximum absolute atomic E-state index is 6.09. The van der Waals surface area contributed by atoms with E-state index in [-0.39, 0.29) is 0 Å². The van der Waals surface area contributed by atoms with E-state index >= 15 is 0 Å². The van der Waals surface area contributed by atoms with Crippen molar-refractivity contribution in [2.75, 3.05) is 31.2 Å². The average Bonchev–Trinajstić information content (AvgIpc) is 2.48. The zero-order valence-electron chi connectivity index (χ0n) is 10.3. The van der Waals surface area contributed by atoms with E-state index in [1.807, 2.05) is 12.1 Å². The molecule has 3 heterocycles. The van der Waals surface area contributed by atoms with E-state index in [4.69, 9.17) is 16.3 Å². The van der Waals surface area contributed by atoms with Crippen LogP contribution in [-0.2, 0) is 4.74 Å². The lowest BCUT2D eigenvalue weighted by molar-refractivity contribution is 0.122. The fourth-order valence-electron chi connectivity index (χ4n) is 1.98. The van der Waals surface area contributed by atoms with Crippen molar-refractivity contribution < 1.29 is 4.74 Å². The number of hydrogen-bond acceptors (Lipinski definition) is 5. The van der Waals surface area contributed by atoms with Gasteiger partial charge in [-0.05, 0) is 12.1 Å². The van der Waals surface area contributed by atoms with Gasteiger partial charge in [-0.25, -0.2) is 9.97 Å². The lowest BCUT2D eigenvalue weighted by atomic mass is 10.2. The molecule has 0 aliphatic carbocycles. The fourth-order valence-corrected chi connectivity index (χ4v) is 2.16. The van der Waals surface area contributed by atoms with E-state index in [0.717, 1.165) is 24.5 Å². The van der Waals surface area contributed by atoms with Crippen molar-refractivity contribution in [3.8, 4) is 11.4 Å². The molecular weight excluding hydrogens is 264 g/mol. The molecule has 3 rings (SSSR count). The van der Waals surface area contributed by atoms with Crippen LogP contribution in [0.5, 0.6) is 0 Å². The first-order valence-corrected chi connectivity index (χ1v) is 6.48. The van der Waals surface area contributed by atoms with Gasteiger partial charge in [0.1, 0.15) is 11.0 Å². The van der Waals surface area contributed by atoms with E-state index in [2.05, 4.69) is 19.9 Å². The normalized spacial score (nSPS) is 15.5. The molecule has 0 unspecified atom stereocenters. The second-order valence-electron chi connectivity index (χ2n) is 4.21. The molecule has 1 aliphatic rings. The Kier molecular flexibility index (Phi) is 3.57. The van der Waals surface area contributed by atoms with Crippen LogP contribution in [0.3, 0.4) is 0 Å². The molecule has 0 radical (unpaired) electrons. The van der Waals surface area contributed by atoms with E-state index in [0.29, 0.717) is 24.2 Å². The van der Waals surface area contributed by atoms with Crippen molar-refractivity contribution >= 4 is 17.4 Å². The van der Waals surface area contributed by atoms with Crippen LogP contribution in [0, 0.1) is 0 Å². The Morgan fingerprint density at radius 3 is 2.79 bits per heavy atom. The summed E-state index contributed by atoms with van der Waals surface area (Å²) in [4.78, 5) is 15.0. The van der Waals surface area contributed by atoms with Crippen LogP contribution in [-0.4, -0.2) is 41.3 Å². The van der Waals surface area contributed by atoms with Gasteiger partial charge in [0.25, 0.3) is 0 Å². The Hall–Kier alpha value is -1.72. The summed E-state index contributed by atoms with van der Waals surface area (Å²) in [7, 11) is 0. The van der Waals surface area contributed by atoms with Gasteiger partial charge in [-0.15, -0.1) is 0 Å². The van der Waals surface area contributed by atoms with Crippen molar-refractivity contribution in [2.24, 2.45) is 0 Å². The maximum Gasteiger partial charge on any atom is 0.164 e. The van der Waals surface area contributed by atoms with Crippen LogP contribution in [0.4, 0.5) is 5.82 Å². The summed E-state index contributed by atoms with van der Waals surface area (Å²) < 4.78 is 5.34. The topological polar surface area (TPSA) is 51.1 Å². The van der Waals surface area contributed by atoms with Crippen LogP contribution >= 0.6 is 11.6 Å². The van der Waals surface area contributed by atoms with Crippen molar-refractivity contribution in [3.05, 3.63) is 35.7 Å². The fraction of sp³-hybridized carbons (Fsp3) is 0.308. The quantitative estimate of drug-likeness (QED) is 0.786. The van der Waals surface area contributed by atoms with Crippen molar-refractivity contribution in [3.63, 3.8) is 0 Å². The van der Waals surface area contributed by atoms with E-state index in [1.165, 1.54) is 0 Å². The number of pyridine rings is 1. The molecule has 0 amide bonds. The molecule has 0 N–H and O–H groups in total. The number of anilines is 1. The number of aromatic nitrogens is 3. The molecule has 0 atom stereocenters. The van der Waals surface area contributed by atoms with Gasteiger partial charge in [0, 0.05) is 37.1 Å². The van der Waals surface area contributed by atoms with Crippen LogP contribution in [0.15, 0.2) is 30.6 Å². The van der Waals surface area contributed by atoms with Crippen LogP contribution in [0.1, 0.15) is 0 Å². The summed E-state index contributed by atoms with van der Waals surface area (Å²) in [5.41, 5.74) is 0.861. The number of halogens is 1. The predicted octanol–water partition coefficient (Wildman–Crippen LogP) is 2.03. The standard InChI is InChI=1S/C13H13ClN4O/c14-11-8-12(18-4-6-19-7-5-18)17-13(16-11)10-2-1-3-15-9-10/h1-3,8-9H,4-7H2. The summed E-state index contributed by atoms with van der Waals surface area (Å²) in [6.45, 7) is 3.06. The third-order valence-corrected chi connectivity index (χ3v) is 3.13. The molecule has 1 fully saturated rings. The lowest BCUT2D eigenvalue weighted by Gasteiger charge is -2.28. The Balaban J connectivity index is 1.96. The molecule has 0 bridgehead atoms. The molecule has 0 aromatic carbocycles. The lowest BCUT2D eigenvalue weighted by Crippen LogP contribution is -2.36. The van der Waals surface area contributed by atoms with Gasteiger partial charge in [0.15, 0.2) is 5.82 Å². The minimum Gasteiger partial charge on any atom is -0.378 e. The van der Waals surface area contributed by atoms with Gasteiger partial charge in [0.2, 0.25) is 0 Å². The van der Waals surface area contributed by atoms with E-state index in [1.54, 1.807) is 18.5 Å². The summed E-state index contributed by atoms with van der Waals surface area (Å²) in [5.74, 6) is 1.43. The Bertz CT molecular complexity index is 558. The molecular formula is C13H13ClN4O. The third kappa shape index (κ3) is 2.83. The first-order chi connectivity index (χ1) is 9.33. The van der Waals surface area contributed by atoms with Gasteiger partial charge in [0.05, 0.1) is 13.2 Å². The highest BCUT2D eigenvalue weighted by atomic mass is 35.5. The average molecular weight is 277 g/mol. The molecule has 6 heteroatoms. The van der Waals surface area contributed by atoms with Gasteiger partial charge < -0.3 is 9.64 Å². The van der Waals surface area contributed by atoms with Crippen LogP contribution in [0.2, 0.25) is 5.15 Å². The molecule has 2 aromatic heterocycles. The zero-order valence-corrected chi connectivity index (χ0v) is 11.0. The molecule has 1 aliphatic heterocycles. The van der Waals surface area contributed by atoms with Gasteiger partial charge in [-0.3, -0.25) is 4.98 Å². The monoisotopic (exact) mass is 276 g/mol. The summed E-state index contributed by atoms with van der Waals surface area (Å²) in [5, 5.41) is 0.440. The van der Waals surface area contributed by atoms with Gasteiger partial charge >= 0.3 is 0 Å². The number of rotatable bonds is 2. The van der Waals surface area contributed by atoms with Crippen LogP contribution in [0.25, 0.3) is 11.4 Å². The molecule has 98 valence electrons. The van der Waals surface area contributed by atoms with Crippen molar-refractivity contribution in [2.45, 2.75) is 0 Å². The smallest absolute Gasteiger partial charge is 0.164 e. The molecule has 1 saturated heterocycles. The Morgan fingerprint density at radius 2 is 2.05 bits per heavy atom. The van der Waals surface area contributed by atoms with Crippen molar-refractivity contribution in [1.82, 2.24) is 15.0 Å². The summed E-state index contributed by atoms with van der Waals surface area (Å²) >= 11 is 6.09. The number of morpholine rings is 1. The third-order valence-electron chi connectivity index (χ3n) is 2.94. The van der Waals surface area contributed by atoms with Crippen molar-refractivity contribution in [1.29, 1.82) is 0 Å². The Morgan fingerprint density at radius 1 is 1.21 bits per heavy atom. The molecule has 0 spiro atoms. The minimum atomic E-state index is 0.440. The van der Waals surface area contributed by atoms with E-state index < -0.39 is 0 Å². The molecule has 2 aromatic rings. The first-order valence-electron chi connectivity index (χ1n) is 6.10. The second-order valence-corrected chi connectivity index (χ2v) is 4.60. The first kappa shape index (κ1) is 12.3. The highest BCUT2D eigenvalue weighted by Gasteiger charge is 2.15. The highest BCUT2D eigenvalue weighted by Crippen LogP contribution is 2.22. The highest BCUT2D eigenvalue weighted by molar-refractivity contribution is 6.29. The number of ether oxygens (including phenoxy) is 1. The molecule has 19 heavy (non-hydrogen) atoms. The second kappa shape index (κ2) is 5.50. The maximum atomic E-state index is 6.09. The molecule has 5 nitrogen and oxygen atoms in total. The zero-order chi connectivity index (χ0) is 13.1. The van der Waals surface area contributed by atoms with E-state index in [9.17, 15) is 0 Å². The number of nitrogens with zero attached hydrogens (tertiary/aromatic N) is 4. The van der Waals surface area contributed by atoms with Gasteiger partial charge in [-0.2, -0.15) is 0 Å². The summed E-state index contributed by atoms with van der Waals surface area (Å²) in [6.07, 6.45) is 3.45. The number of hydrogen-bond donors (Lipinski definition) is 0. The van der Waals surface area contributed by atoms with Gasteiger partial charge in [-0.1, -0.05) is 11.6 Å². The van der Waals surface area contributed by atoms with Crippen LogP contribution < -0.4 is 4.90 Å². The molecule has 0 saturated carbocycles. The Labute approximate surface area is 116 Å². The minimum absolute atomic E-state index is 0.440. The SMILES string of the molecule is Clc1cc(N2CCOCC2)nc(-c2cccnc2)n1.